The molecule has 0 bridgehead atoms. The molecule has 0 N–H and O–H groups in total. The Morgan fingerprint density at radius 2 is 1.82 bits per heavy atom. The minimum atomic E-state index is -0.718. The number of nitro groups is 1. The lowest BCUT2D eigenvalue weighted by Crippen LogP contribution is -2.17. The van der Waals surface area contributed by atoms with Gasteiger partial charge < -0.3 is 9.15 Å². The fourth-order valence-electron chi connectivity index (χ4n) is 2.77. The molecule has 0 spiro atoms. The summed E-state index contributed by atoms with van der Waals surface area (Å²) in [6.07, 6.45) is -0.113. The monoisotopic (exact) mass is 381 g/mol. The van der Waals surface area contributed by atoms with Gasteiger partial charge in [-0.15, -0.1) is 10.2 Å². The smallest absolute Gasteiger partial charge is 0.314 e. The molecule has 0 saturated carbocycles. The second-order valence-corrected chi connectivity index (χ2v) is 6.20. The van der Waals surface area contributed by atoms with E-state index in [9.17, 15) is 14.9 Å². The average molecular weight is 381 g/mol. The highest BCUT2D eigenvalue weighted by molar-refractivity contribution is 5.78. The van der Waals surface area contributed by atoms with E-state index < -0.39 is 11.0 Å². The van der Waals surface area contributed by atoms with E-state index in [2.05, 4.69) is 10.2 Å². The van der Waals surface area contributed by atoms with Crippen LogP contribution in [0.25, 0.3) is 11.5 Å². The normalized spacial score (nSPS) is 12.9. The Kier molecular flexibility index (Phi) is 5.78. The highest BCUT2D eigenvalue weighted by Crippen LogP contribution is 2.27. The van der Waals surface area contributed by atoms with Crippen LogP contribution in [0.5, 0.6) is 0 Å². The zero-order valence-electron chi connectivity index (χ0n) is 15.4. The van der Waals surface area contributed by atoms with Crippen molar-refractivity contribution in [3.63, 3.8) is 0 Å². The first-order valence-corrected chi connectivity index (χ1v) is 8.83. The van der Waals surface area contributed by atoms with Crippen molar-refractivity contribution in [1.29, 1.82) is 0 Å². The molecule has 0 radical (unpaired) electrons. The van der Waals surface area contributed by atoms with Gasteiger partial charge in [0.25, 0.3) is 11.6 Å². The number of rotatable bonds is 7. The Morgan fingerprint density at radius 1 is 1.14 bits per heavy atom. The number of hydrogen-bond acceptors (Lipinski definition) is 7. The van der Waals surface area contributed by atoms with Gasteiger partial charge in [-0.05, 0) is 31.0 Å². The van der Waals surface area contributed by atoms with Crippen LogP contribution in [0.2, 0.25) is 0 Å². The van der Waals surface area contributed by atoms with Gasteiger partial charge in [-0.25, -0.2) is 0 Å². The zero-order chi connectivity index (χ0) is 20.1. The summed E-state index contributed by atoms with van der Waals surface area (Å²) in [6.45, 7) is 3.58. The molecule has 0 fully saturated rings. The minimum absolute atomic E-state index is 0.0303. The van der Waals surface area contributed by atoms with Gasteiger partial charge >= 0.3 is 5.97 Å². The van der Waals surface area contributed by atoms with Crippen molar-refractivity contribution < 1.29 is 18.9 Å². The molecule has 0 unspecified atom stereocenters. The van der Waals surface area contributed by atoms with Crippen molar-refractivity contribution >= 4 is 11.7 Å². The van der Waals surface area contributed by atoms with E-state index in [0.29, 0.717) is 12.0 Å². The molecule has 8 heteroatoms. The summed E-state index contributed by atoms with van der Waals surface area (Å²) in [6, 6.07) is 15.2. The molecule has 28 heavy (non-hydrogen) atoms. The van der Waals surface area contributed by atoms with Gasteiger partial charge in [-0.3, -0.25) is 14.9 Å². The third kappa shape index (κ3) is 4.22. The number of carbonyl (C=O) groups is 1. The molecule has 0 aliphatic carbocycles. The van der Waals surface area contributed by atoms with E-state index in [0.717, 1.165) is 5.56 Å². The van der Waals surface area contributed by atoms with Gasteiger partial charge in [0.15, 0.2) is 6.10 Å². The molecule has 2 atom stereocenters. The van der Waals surface area contributed by atoms with E-state index in [1.807, 2.05) is 37.3 Å². The molecular formula is C20H19N3O5. The summed E-state index contributed by atoms with van der Waals surface area (Å²) in [5, 5.41) is 18.6. The van der Waals surface area contributed by atoms with Gasteiger partial charge in [0, 0.05) is 17.7 Å². The quantitative estimate of drug-likeness (QED) is 0.338. The Labute approximate surface area is 161 Å². The lowest BCUT2D eigenvalue weighted by Gasteiger charge is -2.16. The predicted molar refractivity (Wildman–Crippen MR) is 100 cm³/mol. The van der Waals surface area contributed by atoms with Crippen molar-refractivity contribution in [2.24, 2.45) is 0 Å². The summed E-state index contributed by atoms with van der Waals surface area (Å²) in [5.74, 6) is -0.385. The van der Waals surface area contributed by atoms with Crippen molar-refractivity contribution in [1.82, 2.24) is 10.2 Å². The maximum absolute atomic E-state index is 12.6. The molecule has 0 aliphatic heterocycles. The van der Waals surface area contributed by atoms with Crippen LogP contribution in [-0.2, 0) is 9.53 Å². The fourth-order valence-corrected chi connectivity index (χ4v) is 2.77. The number of esters is 1. The van der Waals surface area contributed by atoms with Crippen LogP contribution in [-0.4, -0.2) is 21.1 Å². The molecule has 3 aromatic rings. The summed E-state index contributed by atoms with van der Waals surface area (Å²) in [7, 11) is 0. The molecule has 0 saturated heterocycles. The number of non-ortho nitro benzene ring substituents is 1. The van der Waals surface area contributed by atoms with Crippen molar-refractivity contribution in [2.75, 3.05) is 0 Å². The Morgan fingerprint density at radius 3 is 2.43 bits per heavy atom. The van der Waals surface area contributed by atoms with Crippen LogP contribution in [0.15, 0.2) is 59.0 Å². The molecule has 1 heterocycles. The highest BCUT2D eigenvalue weighted by atomic mass is 16.6. The van der Waals surface area contributed by atoms with Gasteiger partial charge in [0.1, 0.15) is 0 Å². The third-order valence-corrected chi connectivity index (χ3v) is 4.30. The largest absolute Gasteiger partial charge is 0.452 e. The second kappa shape index (κ2) is 8.43. The van der Waals surface area contributed by atoms with Gasteiger partial charge in [0.05, 0.1) is 10.8 Å². The van der Waals surface area contributed by atoms with E-state index in [-0.39, 0.29) is 29.4 Å². The first-order valence-electron chi connectivity index (χ1n) is 8.83. The first-order chi connectivity index (χ1) is 13.5. The standard InChI is InChI=1S/C20H19N3O5/c1-3-17(14-7-5-4-6-8-14)20(24)27-13(2)18-21-22-19(28-18)15-9-11-16(12-10-15)23(25)26/h4-13,17H,3H2,1-2H3/t13-,17+/m1/s1. The predicted octanol–water partition coefficient (Wildman–Crippen LogP) is 4.44. The molecule has 0 aliphatic rings. The van der Waals surface area contributed by atoms with E-state index in [1.54, 1.807) is 6.92 Å². The number of benzene rings is 2. The SMILES string of the molecule is CC[C@H](C(=O)O[C@H](C)c1nnc(-c2ccc([N+](=O)[O-])cc2)o1)c1ccccc1. The summed E-state index contributed by atoms with van der Waals surface area (Å²) in [4.78, 5) is 22.8. The first kappa shape index (κ1) is 19.2. The fraction of sp³-hybridized carbons (Fsp3) is 0.250. The number of nitrogens with zero attached hydrogens (tertiary/aromatic N) is 3. The number of aromatic nitrogens is 2. The van der Waals surface area contributed by atoms with Crippen LogP contribution in [0.4, 0.5) is 5.69 Å². The number of carbonyl (C=O) groups excluding carboxylic acids is 1. The Bertz CT molecular complexity index is 953. The van der Waals surface area contributed by atoms with Crippen molar-refractivity contribution in [2.45, 2.75) is 32.3 Å². The van der Waals surface area contributed by atoms with Crippen LogP contribution >= 0.6 is 0 Å². The Balaban J connectivity index is 1.70. The highest BCUT2D eigenvalue weighted by Gasteiger charge is 2.25. The topological polar surface area (TPSA) is 108 Å². The summed E-state index contributed by atoms with van der Waals surface area (Å²) < 4.78 is 11.1. The summed E-state index contributed by atoms with van der Waals surface area (Å²) >= 11 is 0. The van der Waals surface area contributed by atoms with E-state index in [4.69, 9.17) is 9.15 Å². The van der Waals surface area contributed by atoms with Gasteiger partial charge in [-0.2, -0.15) is 0 Å². The molecule has 0 amide bonds. The molecule has 2 aromatic carbocycles. The number of nitro benzene ring substituents is 1. The number of hydrogen-bond donors (Lipinski definition) is 0. The van der Waals surface area contributed by atoms with Gasteiger partial charge in [0.2, 0.25) is 5.89 Å². The van der Waals surface area contributed by atoms with Crippen LogP contribution in [0.1, 0.15) is 43.7 Å². The maximum atomic E-state index is 12.6. The van der Waals surface area contributed by atoms with Crippen LogP contribution in [0, 0.1) is 10.1 Å². The maximum Gasteiger partial charge on any atom is 0.314 e. The van der Waals surface area contributed by atoms with Crippen molar-refractivity contribution in [3.8, 4) is 11.5 Å². The molecule has 8 nitrogen and oxygen atoms in total. The van der Waals surface area contributed by atoms with E-state index >= 15 is 0 Å². The summed E-state index contributed by atoms with van der Waals surface area (Å²) in [5.41, 5.74) is 1.40. The lowest BCUT2D eigenvalue weighted by molar-refractivity contribution is -0.384. The Hall–Kier alpha value is -3.55. The molecule has 1 aromatic heterocycles. The molecule has 144 valence electrons. The number of ether oxygens (including phenoxy) is 1. The van der Waals surface area contributed by atoms with E-state index in [1.165, 1.54) is 24.3 Å². The lowest BCUT2D eigenvalue weighted by atomic mass is 9.97. The second-order valence-electron chi connectivity index (χ2n) is 6.20. The minimum Gasteiger partial charge on any atom is -0.452 e. The van der Waals surface area contributed by atoms with Crippen LogP contribution < -0.4 is 0 Å². The molecular weight excluding hydrogens is 362 g/mol. The third-order valence-electron chi connectivity index (χ3n) is 4.30. The van der Waals surface area contributed by atoms with Crippen LogP contribution in [0.3, 0.4) is 0 Å². The van der Waals surface area contributed by atoms with Gasteiger partial charge in [-0.1, -0.05) is 37.3 Å². The molecule has 3 rings (SSSR count). The zero-order valence-corrected chi connectivity index (χ0v) is 15.4. The average Bonchev–Trinajstić information content (AvgIpc) is 3.20. The van der Waals surface area contributed by atoms with Crippen molar-refractivity contribution in [3.05, 3.63) is 76.2 Å².